The smallest absolute Gasteiger partial charge is 0.234 e. The summed E-state index contributed by atoms with van der Waals surface area (Å²) < 4.78 is 0. The lowest BCUT2D eigenvalue weighted by atomic mass is 10.1. The van der Waals surface area contributed by atoms with E-state index in [9.17, 15) is 4.79 Å². The quantitative estimate of drug-likeness (QED) is 0.627. The summed E-state index contributed by atoms with van der Waals surface area (Å²) in [6.07, 6.45) is 4.18. The highest BCUT2D eigenvalue weighted by atomic mass is 35.5. The van der Waals surface area contributed by atoms with Crippen LogP contribution in [0, 0.1) is 0 Å². The minimum absolute atomic E-state index is 0.471. The van der Waals surface area contributed by atoms with Crippen LogP contribution >= 0.6 is 11.6 Å². The van der Waals surface area contributed by atoms with Crippen molar-refractivity contribution in [3.05, 3.63) is 35.0 Å². The molecule has 1 aromatic heterocycles. The third-order valence-corrected chi connectivity index (χ3v) is 2.52. The van der Waals surface area contributed by atoms with Crippen molar-refractivity contribution >= 4 is 28.6 Å². The fraction of sp³-hybridized carbons (Fsp3) is 0.182. The van der Waals surface area contributed by atoms with Gasteiger partial charge in [0.25, 0.3) is 0 Å². The first-order chi connectivity index (χ1) is 7.31. The third-order valence-electron chi connectivity index (χ3n) is 2.29. The number of fused-ring (bicyclic) bond motifs is 1. The van der Waals surface area contributed by atoms with Gasteiger partial charge in [0.05, 0.1) is 6.54 Å². The maximum Gasteiger partial charge on any atom is 0.234 e. The Hall–Kier alpha value is -1.57. The minimum Gasteiger partial charge on any atom is -0.361 e. The van der Waals surface area contributed by atoms with Crippen LogP contribution in [0.25, 0.3) is 10.9 Å². The summed E-state index contributed by atoms with van der Waals surface area (Å²) in [5.41, 5.74) is 2.15. The van der Waals surface area contributed by atoms with Crippen molar-refractivity contribution in [2.45, 2.75) is 6.42 Å². The molecule has 0 aliphatic carbocycles. The average molecular weight is 221 g/mol. The lowest BCUT2D eigenvalue weighted by Gasteiger charge is -1.95. The van der Waals surface area contributed by atoms with Gasteiger partial charge in [-0.15, -0.1) is 0 Å². The molecule has 0 aliphatic rings. The minimum atomic E-state index is 0.471. The van der Waals surface area contributed by atoms with E-state index in [1.165, 1.54) is 6.08 Å². The topological polar surface area (TPSA) is 45.2 Å². The second kappa shape index (κ2) is 4.30. The normalized spacial score (nSPS) is 10.2. The number of hydrogen-bond donors (Lipinski definition) is 1. The van der Waals surface area contributed by atoms with Crippen LogP contribution in [0.2, 0.25) is 5.02 Å². The molecule has 0 aliphatic heterocycles. The van der Waals surface area contributed by atoms with Crippen LogP contribution in [-0.2, 0) is 11.2 Å². The number of carbonyl (C=O) groups excluding carboxylic acids is 1. The molecule has 0 spiro atoms. The molecule has 0 radical (unpaired) electrons. The van der Waals surface area contributed by atoms with Crippen molar-refractivity contribution in [1.82, 2.24) is 4.98 Å². The molecular weight excluding hydrogens is 212 g/mol. The highest BCUT2D eigenvalue weighted by molar-refractivity contribution is 6.31. The van der Waals surface area contributed by atoms with Crippen LogP contribution in [0.3, 0.4) is 0 Å². The van der Waals surface area contributed by atoms with Gasteiger partial charge in [-0.05, 0) is 24.1 Å². The van der Waals surface area contributed by atoms with Crippen LogP contribution in [0.5, 0.6) is 0 Å². The van der Waals surface area contributed by atoms with Crippen LogP contribution in [0.1, 0.15) is 5.56 Å². The van der Waals surface area contributed by atoms with Crippen LogP contribution in [0.4, 0.5) is 0 Å². The summed E-state index contributed by atoms with van der Waals surface area (Å²) in [5, 5.41) is 1.84. The van der Waals surface area contributed by atoms with Gasteiger partial charge in [0.15, 0.2) is 0 Å². The number of isocyanates is 1. The fourth-order valence-corrected chi connectivity index (χ4v) is 1.76. The number of H-pyrrole nitrogens is 1. The van der Waals surface area contributed by atoms with E-state index in [2.05, 4.69) is 9.98 Å². The summed E-state index contributed by atoms with van der Waals surface area (Å²) in [4.78, 5) is 16.6. The Kier molecular flexibility index (Phi) is 2.86. The largest absolute Gasteiger partial charge is 0.361 e. The first kappa shape index (κ1) is 9.97. The highest BCUT2D eigenvalue weighted by Gasteiger charge is 2.03. The Balaban J connectivity index is 2.32. The Bertz CT molecular complexity index is 526. The van der Waals surface area contributed by atoms with Crippen LogP contribution < -0.4 is 0 Å². The maximum absolute atomic E-state index is 9.92. The number of aromatic nitrogens is 1. The Morgan fingerprint density at radius 3 is 3.13 bits per heavy atom. The molecule has 1 heterocycles. The molecule has 0 bridgehead atoms. The molecule has 76 valence electrons. The van der Waals surface area contributed by atoms with Crippen molar-refractivity contribution in [2.75, 3.05) is 6.54 Å². The van der Waals surface area contributed by atoms with Gasteiger partial charge in [-0.3, -0.25) is 0 Å². The standard InChI is InChI=1S/C11H9ClN2O/c12-9-1-2-10-8(3-4-13-7-15)6-14-11(10)5-9/h1-2,5-6,14H,3-4H2. The van der Waals surface area contributed by atoms with E-state index < -0.39 is 0 Å². The molecular formula is C11H9ClN2O. The molecule has 0 saturated carbocycles. The third kappa shape index (κ3) is 2.09. The summed E-state index contributed by atoms with van der Waals surface area (Å²) >= 11 is 5.86. The van der Waals surface area contributed by atoms with Gasteiger partial charge in [-0.25, -0.2) is 9.79 Å². The van der Waals surface area contributed by atoms with Gasteiger partial charge in [-0.1, -0.05) is 17.7 Å². The number of nitrogens with one attached hydrogen (secondary N) is 1. The summed E-state index contributed by atoms with van der Waals surface area (Å²) in [6.45, 7) is 0.471. The first-order valence-electron chi connectivity index (χ1n) is 4.60. The zero-order valence-corrected chi connectivity index (χ0v) is 8.71. The second-order valence-corrected chi connectivity index (χ2v) is 3.66. The van der Waals surface area contributed by atoms with Crippen molar-refractivity contribution in [3.8, 4) is 0 Å². The molecule has 15 heavy (non-hydrogen) atoms. The summed E-state index contributed by atoms with van der Waals surface area (Å²) in [6, 6.07) is 5.70. The van der Waals surface area contributed by atoms with E-state index in [-0.39, 0.29) is 0 Å². The van der Waals surface area contributed by atoms with Gasteiger partial charge in [-0.2, -0.15) is 0 Å². The van der Waals surface area contributed by atoms with Crippen LogP contribution in [0.15, 0.2) is 29.4 Å². The zero-order chi connectivity index (χ0) is 10.7. The highest BCUT2D eigenvalue weighted by Crippen LogP contribution is 2.22. The zero-order valence-electron chi connectivity index (χ0n) is 7.96. The maximum atomic E-state index is 9.92. The van der Waals surface area contributed by atoms with Gasteiger partial charge < -0.3 is 4.98 Å². The Labute approximate surface area is 91.8 Å². The number of benzene rings is 1. The molecule has 0 fully saturated rings. The van der Waals surface area contributed by atoms with E-state index in [0.29, 0.717) is 11.6 Å². The SMILES string of the molecule is O=C=NCCc1c[nH]c2cc(Cl)ccc12. The molecule has 2 aromatic rings. The van der Waals surface area contributed by atoms with Crippen molar-refractivity contribution < 1.29 is 4.79 Å². The number of hydrogen-bond acceptors (Lipinski definition) is 2. The predicted octanol–water partition coefficient (Wildman–Crippen LogP) is 2.70. The Morgan fingerprint density at radius 1 is 1.47 bits per heavy atom. The monoisotopic (exact) mass is 220 g/mol. The number of aromatic amines is 1. The molecule has 0 atom stereocenters. The number of rotatable bonds is 3. The van der Waals surface area contributed by atoms with E-state index >= 15 is 0 Å². The molecule has 1 N–H and O–H groups in total. The molecule has 0 unspecified atom stereocenters. The van der Waals surface area contributed by atoms with Gasteiger partial charge >= 0.3 is 0 Å². The molecule has 0 saturated heterocycles. The van der Waals surface area contributed by atoms with Gasteiger partial charge in [0.2, 0.25) is 6.08 Å². The van der Waals surface area contributed by atoms with Crippen molar-refractivity contribution in [3.63, 3.8) is 0 Å². The number of nitrogens with zero attached hydrogens (tertiary/aromatic N) is 1. The molecule has 3 nitrogen and oxygen atoms in total. The summed E-state index contributed by atoms with van der Waals surface area (Å²) in [7, 11) is 0. The molecule has 0 amide bonds. The van der Waals surface area contributed by atoms with Crippen molar-refractivity contribution in [1.29, 1.82) is 0 Å². The molecule has 4 heteroatoms. The number of halogens is 1. The van der Waals surface area contributed by atoms with E-state index in [1.54, 1.807) is 0 Å². The Morgan fingerprint density at radius 2 is 2.33 bits per heavy atom. The first-order valence-corrected chi connectivity index (χ1v) is 4.98. The summed E-state index contributed by atoms with van der Waals surface area (Å²) in [5.74, 6) is 0. The van der Waals surface area contributed by atoms with E-state index in [1.807, 2.05) is 24.4 Å². The van der Waals surface area contributed by atoms with E-state index in [0.717, 1.165) is 22.9 Å². The van der Waals surface area contributed by atoms with Crippen LogP contribution in [-0.4, -0.2) is 17.6 Å². The molecule has 2 rings (SSSR count). The van der Waals surface area contributed by atoms with E-state index in [4.69, 9.17) is 11.6 Å². The van der Waals surface area contributed by atoms with Crippen molar-refractivity contribution in [2.24, 2.45) is 4.99 Å². The number of aliphatic imine (C=N–C) groups is 1. The fourth-order valence-electron chi connectivity index (χ4n) is 1.59. The lowest BCUT2D eigenvalue weighted by Crippen LogP contribution is -1.86. The average Bonchev–Trinajstić information content (AvgIpc) is 2.61. The van der Waals surface area contributed by atoms with Gasteiger partial charge in [0.1, 0.15) is 0 Å². The van der Waals surface area contributed by atoms with Gasteiger partial charge in [0, 0.05) is 22.1 Å². The predicted molar refractivity (Wildman–Crippen MR) is 60.0 cm³/mol. The second-order valence-electron chi connectivity index (χ2n) is 3.23. The lowest BCUT2D eigenvalue weighted by molar-refractivity contribution is 0.563. The molecule has 1 aromatic carbocycles.